The number of hydrogen-bond acceptors (Lipinski definition) is 6. The molecule has 0 saturated carbocycles. The smallest absolute Gasteiger partial charge is 0.312 e. The number of amides is 1. The van der Waals surface area contributed by atoms with Crippen molar-refractivity contribution in [3.05, 3.63) is 123 Å². The van der Waals surface area contributed by atoms with Gasteiger partial charge < -0.3 is 5.11 Å². The first kappa shape index (κ1) is 24.6. The number of carbonyl (C=O) groups is 1. The van der Waals surface area contributed by atoms with Crippen molar-refractivity contribution in [2.24, 2.45) is 5.10 Å². The number of nitrogens with one attached hydrogen (secondary N) is 1. The molecule has 0 aliphatic carbocycles. The Kier molecular flexibility index (Phi) is 6.80. The molecule has 8 nitrogen and oxygen atoms in total. The first-order valence-corrected chi connectivity index (χ1v) is 11.8. The highest BCUT2D eigenvalue weighted by Crippen LogP contribution is 2.32. The molecule has 38 heavy (non-hydrogen) atoms. The third-order valence-electron chi connectivity index (χ3n) is 5.90. The van der Waals surface area contributed by atoms with Crippen molar-refractivity contribution in [2.75, 3.05) is 0 Å². The minimum Gasteiger partial charge on any atom is -0.502 e. The summed E-state index contributed by atoms with van der Waals surface area (Å²) in [4.78, 5) is 28.3. The van der Waals surface area contributed by atoms with Gasteiger partial charge in [0.15, 0.2) is 0 Å². The molecule has 0 atom stereocenters. The summed E-state index contributed by atoms with van der Waals surface area (Å²) in [5.41, 5.74) is 6.44. The number of rotatable bonds is 6. The van der Waals surface area contributed by atoms with Crippen LogP contribution < -0.4 is 5.43 Å². The van der Waals surface area contributed by atoms with Crippen molar-refractivity contribution < 1.29 is 14.8 Å². The van der Waals surface area contributed by atoms with E-state index in [1.165, 1.54) is 6.07 Å². The molecule has 0 bridgehead atoms. The van der Waals surface area contributed by atoms with Crippen molar-refractivity contribution in [3.63, 3.8) is 0 Å². The lowest BCUT2D eigenvalue weighted by molar-refractivity contribution is -0.385. The number of fused-ring (bicyclic) bond motifs is 1. The number of hydrazone groups is 1. The number of para-hydroxylation sites is 1. The van der Waals surface area contributed by atoms with Gasteiger partial charge in [0.25, 0.3) is 5.91 Å². The van der Waals surface area contributed by atoms with Gasteiger partial charge in [0, 0.05) is 27.6 Å². The van der Waals surface area contributed by atoms with Crippen LogP contribution in [0.2, 0.25) is 5.02 Å². The maximum absolute atomic E-state index is 13.1. The maximum atomic E-state index is 13.1. The van der Waals surface area contributed by atoms with Crippen molar-refractivity contribution in [1.82, 2.24) is 10.4 Å². The summed E-state index contributed by atoms with van der Waals surface area (Å²) in [5, 5.41) is 25.8. The normalized spacial score (nSPS) is 11.1. The van der Waals surface area contributed by atoms with Crippen LogP contribution in [0.15, 0.2) is 102 Å². The van der Waals surface area contributed by atoms with Gasteiger partial charge in [-0.3, -0.25) is 14.9 Å². The van der Waals surface area contributed by atoms with E-state index in [0.29, 0.717) is 22.2 Å². The summed E-state index contributed by atoms with van der Waals surface area (Å²) in [6.07, 6.45) is 1.10. The topological polar surface area (TPSA) is 118 Å². The molecule has 5 rings (SSSR count). The van der Waals surface area contributed by atoms with Crippen LogP contribution in [0.4, 0.5) is 5.69 Å². The Morgan fingerprint density at radius 3 is 2.32 bits per heavy atom. The molecule has 2 N–H and O–H groups in total. The Morgan fingerprint density at radius 2 is 1.58 bits per heavy atom. The van der Waals surface area contributed by atoms with Crippen molar-refractivity contribution in [2.45, 2.75) is 0 Å². The number of carbonyl (C=O) groups excluding carboxylic acids is 1. The Balaban J connectivity index is 1.45. The minimum atomic E-state index is -0.756. The fourth-order valence-corrected chi connectivity index (χ4v) is 4.26. The standard InChI is InChI=1S/C29H19ClN4O4/c30-22-14-21(28(35)27(15-22)34(37)38)17-31-33-29(36)24-16-26(32-25-9-5-4-8-23(24)25)20-12-10-19(11-13-20)18-6-2-1-3-7-18/h1-17,35H,(H,33,36)/b31-17+. The molecule has 0 radical (unpaired) electrons. The van der Waals surface area contributed by atoms with Crippen LogP contribution in [-0.4, -0.2) is 27.1 Å². The first-order valence-electron chi connectivity index (χ1n) is 11.5. The van der Waals surface area contributed by atoms with Crippen LogP contribution >= 0.6 is 11.6 Å². The van der Waals surface area contributed by atoms with E-state index in [0.717, 1.165) is 29.0 Å². The van der Waals surface area contributed by atoms with Gasteiger partial charge in [0.1, 0.15) is 0 Å². The molecule has 0 saturated heterocycles. The van der Waals surface area contributed by atoms with Crippen LogP contribution in [0.5, 0.6) is 5.75 Å². The molecule has 1 aromatic heterocycles. The molecule has 0 aliphatic heterocycles. The van der Waals surface area contributed by atoms with E-state index in [-0.39, 0.29) is 10.6 Å². The van der Waals surface area contributed by atoms with E-state index in [2.05, 4.69) is 10.5 Å². The molecule has 0 unspecified atom stereocenters. The van der Waals surface area contributed by atoms with E-state index in [1.54, 1.807) is 12.1 Å². The van der Waals surface area contributed by atoms with Crippen LogP contribution in [-0.2, 0) is 0 Å². The number of hydrogen-bond donors (Lipinski definition) is 2. The molecule has 1 heterocycles. The van der Waals surface area contributed by atoms with Crippen molar-refractivity contribution in [1.29, 1.82) is 0 Å². The summed E-state index contributed by atoms with van der Waals surface area (Å²) in [7, 11) is 0. The van der Waals surface area contributed by atoms with Gasteiger partial charge in [-0.25, -0.2) is 10.4 Å². The van der Waals surface area contributed by atoms with E-state index in [1.807, 2.05) is 72.8 Å². The number of halogens is 1. The zero-order valence-electron chi connectivity index (χ0n) is 19.7. The predicted octanol–water partition coefficient (Wildman–Crippen LogP) is 6.60. The second-order valence-electron chi connectivity index (χ2n) is 8.33. The average Bonchev–Trinajstić information content (AvgIpc) is 2.94. The summed E-state index contributed by atoms with van der Waals surface area (Å²) >= 11 is 5.92. The summed E-state index contributed by atoms with van der Waals surface area (Å²) < 4.78 is 0. The van der Waals surface area contributed by atoms with Crippen molar-refractivity contribution >= 4 is 40.3 Å². The molecular weight excluding hydrogens is 504 g/mol. The van der Waals surface area contributed by atoms with E-state index in [9.17, 15) is 20.0 Å². The lowest BCUT2D eigenvalue weighted by atomic mass is 10.0. The Bertz CT molecular complexity index is 1700. The zero-order chi connectivity index (χ0) is 26.6. The molecule has 186 valence electrons. The highest BCUT2D eigenvalue weighted by Gasteiger charge is 2.18. The fraction of sp³-hybridized carbons (Fsp3) is 0. The van der Waals surface area contributed by atoms with Crippen LogP contribution in [0, 0.1) is 10.1 Å². The average molecular weight is 523 g/mol. The highest BCUT2D eigenvalue weighted by atomic mass is 35.5. The number of phenolic OH excluding ortho intramolecular Hbond substituents is 1. The molecule has 0 spiro atoms. The molecule has 1 amide bonds. The molecule has 4 aromatic carbocycles. The summed E-state index contributed by atoms with van der Waals surface area (Å²) in [6.45, 7) is 0. The zero-order valence-corrected chi connectivity index (χ0v) is 20.5. The Labute approximate surface area is 222 Å². The number of phenols is 1. The molecule has 9 heteroatoms. The van der Waals surface area contributed by atoms with E-state index < -0.39 is 22.3 Å². The van der Waals surface area contributed by atoms with Gasteiger partial charge in [0.2, 0.25) is 5.75 Å². The maximum Gasteiger partial charge on any atom is 0.312 e. The van der Waals surface area contributed by atoms with Crippen molar-refractivity contribution in [3.8, 4) is 28.1 Å². The molecule has 0 fully saturated rings. The van der Waals surface area contributed by atoms with Gasteiger partial charge >= 0.3 is 5.69 Å². The van der Waals surface area contributed by atoms with Gasteiger partial charge in [-0.1, -0.05) is 84.4 Å². The fourth-order valence-electron chi connectivity index (χ4n) is 4.04. The SMILES string of the molecule is O=C(N/N=C/c1cc(Cl)cc([N+](=O)[O-])c1O)c1cc(-c2ccc(-c3ccccc3)cc2)nc2ccccc12. The number of aromatic hydroxyl groups is 1. The summed E-state index contributed by atoms with van der Waals surface area (Å²) in [5.74, 6) is -1.12. The number of pyridine rings is 1. The number of nitrogens with zero attached hydrogens (tertiary/aromatic N) is 3. The van der Waals surface area contributed by atoms with Gasteiger partial charge in [-0.05, 0) is 29.3 Å². The van der Waals surface area contributed by atoms with E-state index >= 15 is 0 Å². The number of aromatic nitrogens is 1. The predicted molar refractivity (Wildman–Crippen MR) is 147 cm³/mol. The van der Waals surface area contributed by atoms with Crippen LogP contribution in [0.1, 0.15) is 15.9 Å². The number of nitro benzene ring substituents is 1. The quantitative estimate of drug-likeness (QED) is 0.148. The third kappa shape index (κ3) is 5.07. The first-order chi connectivity index (χ1) is 18.4. The minimum absolute atomic E-state index is 0.0109. The Hall–Kier alpha value is -5.08. The second-order valence-corrected chi connectivity index (χ2v) is 8.77. The number of nitro groups is 1. The highest BCUT2D eigenvalue weighted by molar-refractivity contribution is 6.31. The monoisotopic (exact) mass is 522 g/mol. The molecule has 5 aromatic rings. The largest absolute Gasteiger partial charge is 0.502 e. The van der Waals surface area contributed by atoms with Crippen LogP contribution in [0.25, 0.3) is 33.3 Å². The van der Waals surface area contributed by atoms with E-state index in [4.69, 9.17) is 16.6 Å². The lowest BCUT2D eigenvalue weighted by Crippen LogP contribution is -2.18. The Morgan fingerprint density at radius 1 is 0.921 bits per heavy atom. The second kappa shape index (κ2) is 10.5. The van der Waals surface area contributed by atoms with Gasteiger partial charge in [0.05, 0.1) is 27.9 Å². The molecular formula is C29H19ClN4O4. The summed E-state index contributed by atoms with van der Waals surface area (Å²) in [6, 6.07) is 29.2. The third-order valence-corrected chi connectivity index (χ3v) is 6.12. The van der Waals surface area contributed by atoms with Crippen LogP contribution in [0.3, 0.4) is 0 Å². The lowest BCUT2D eigenvalue weighted by Gasteiger charge is -2.10. The van der Waals surface area contributed by atoms with Gasteiger partial charge in [-0.2, -0.15) is 5.10 Å². The van der Waals surface area contributed by atoms with Gasteiger partial charge in [-0.15, -0.1) is 0 Å². The molecule has 0 aliphatic rings. The number of benzene rings is 4.